The van der Waals surface area contributed by atoms with E-state index in [1.54, 1.807) is 42.7 Å². The standard InChI is InChI=1S/C17H11ClN2O/c18-14-7-4-12(5-8-14)16(21)9-6-13-2-1-3-15-17(13)20-11-10-19-15/h1-11H/b9-6+. The fraction of sp³-hybridized carbons (Fsp3) is 0. The molecular formula is C17H11ClN2O. The first kappa shape index (κ1) is 13.5. The predicted molar refractivity (Wildman–Crippen MR) is 84.4 cm³/mol. The normalized spacial score (nSPS) is 11.1. The first-order chi connectivity index (χ1) is 10.2. The maximum absolute atomic E-state index is 12.1. The first-order valence-corrected chi connectivity index (χ1v) is 6.79. The second-order valence-electron chi connectivity index (χ2n) is 4.48. The number of carbonyl (C=O) groups excluding carboxylic acids is 1. The molecule has 0 amide bonds. The zero-order chi connectivity index (χ0) is 14.7. The quantitative estimate of drug-likeness (QED) is 0.537. The van der Waals surface area contributed by atoms with Crippen LogP contribution in [0.3, 0.4) is 0 Å². The highest BCUT2D eigenvalue weighted by Gasteiger charge is 2.03. The van der Waals surface area contributed by atoms with E-state index in [2.05, 4.69) is 9.97 Å². The van der Waals surface area contributed by atoms with E-state index in [1.807, 2.05) is 18.2 Å². The zero-order valence-electron chi connectivity index (χ0n) is 11.0. The van der Waals surface area contributed by atoms with E-state index in [9.17, 15) is 4.79 Å². The third-order valence-corrected chi connectivity index (χ3v) is 3.32. The van der Waals surface area contributed by atoms with E-state index in [0.717, 1.165) is 16.6 Å². The molecule has 3 nitrogen and oxygen atoms in total. The summed E-state index contributed by atoms with van der Waals surface area (Å²) in [6.07, 6.45) is 6.58. The minimum absolute atomic E-state index is 0.0763. The maximum atomic E-state index is 12.1. The van der Waals surface area contributed by atoms with Crippen LogP contribution in [0.5, 0.6) is 0 Å². The largest absolute Gasteiger partial charge is 0.289 e. The average Bonchev–Trinajstić information content (AvgIpc) is 2.53. The van der Waals surface area contributed by atoms with Crippen LogP contribution in [0.1, 0.15) is 15.9 Å². The van der Waals surface area contributed by atoms with Crippen LogP contribution in [0.4, 0.5) is 0 Å². The van der Waals surface area contributed by atoms with Gasteiger partial charge in [-0.3, -0.25) is 14.8 Å². The molecule has 0 N–H and O–H groups in total. The fourth-order valence-corrected chi connectivity index (χ4v) is 2.15. The van der Waals surface area contributed by atoms with Crippen molar-refractivity contribution in [2.24, 2.45) is 0 Å². The summed E-state index contributed by atoms with van der Waals surface area (Å²) in [7, 11) is 0. The third-order valence-electron chi connectivity index (χ3n) is 3.07. The number of ketones is 1. The third kappa shape index (κ3) is 2.98. The molecule has 21 heavy (non-hydrogen) atoms. The van der Waals surface area contributed by atoms with Crippen molar-refractivity contribution in [3.05, 3.63) is 77.1 Å². The van der Waals surface area contributed by atoms with Gasteiger partial charge >= 0.3 is 0 Å². The van der Waals surface area contributed by atoms with Gasteiger partial charge in [-0.2, -0.15) is 0 Å². The van der Waals surface area contributed by atoms with Crippen LogP contribution in [-0.2, 0) is 0 Å². The minimum atomic E-state index is -0.0763. The van der Waals surface area contributed by atoms with Crippen molar-refractivity contribution in [1.82, 2.24) is 9.97 Å². The molecule has 1 aromatic heterocycles. The number of hydrogen-bond donors (Lipinski definition) is 0. The summed E-state index contributed by atoms with van der Waals surface area (Å²) in [4.78, 5) is 20.6. The lowest BCUT2D eigenvalue weighted by Crippen LogP contribution is -1.93. The van der Waals surface area contributed by atoms with Gasteiger partial charge in [-0.05, 0) is 42.5 Å². The summed E-state index contributed by atoms with van der Waals surface area (Å²) in [5.74, 6) is -0.0763. The van der Waals surface area contributed by atoms with Crippen molar-refractivity contribution in [3.63, 3.8) is 0 Å². The van der Waals surface area contributed by atoms with E-state index in [1.165, 1.54) is 6.08 Å². The van der Waals surface area contributed by atoms with Gasteiger partial charge in [0.2, 0.25) is 0 Å². The highest BCUT2D eigenvalue weighted by Crippen LogP contribution is 2.16. The molecule has 0 atom stereocenters. The Bertz CT molecular complexity index is 820. The zero-order valence-corrected chi connectivity index (χ0v) is 11.8. The van der Waals surface area contributed by atoms with E-state index < -0.39 is 0 Å². The van der Waals surface area contributed by atoms with Crippen molar-refractivity contribution in [1.29, 1.82) is 0 Å². The van der Waals surface area contributed by atoms with Gasteiger partial charge in [0.1, 0.15) is 0 Å². The Morgan fingerprint density at radius 1 is 1.00 bits per heavy atom. The lowest BCUT2D eigenvalue weighted by molar-refractivity contribution is 0.104. The lowest BCUT2D eigenvalue weighted by Gasteiger charge is -2.00. The molecule has 0 unspecified atom stereocenters. The molecular weight excluding hydrogens is 284 g/mol. The molecule has 0 aliphatic rings. The molecule has 4 heteroatoms. The van der Waals surface area contributed by atoms with Gasteiger partial charge in [0.05, 0.1) is 11.0 Å². The molecule has 0 aliphatic heterocycles. The monoisotopic (exact) mass is 294 g/mol. The average molecular weight is 295 g/mol. The van der Waals surface area contributed by atoms with E-state index >= 15 is 0 Å². The summed E-state index contributed by atoms with van der Waals surface area (Å²) in [6, 6.07) is 12.5. The predicted octanol–water partition coefficient (Wildman–Crippen LogP) is 4.18. The molecule has 0 spiro atoms. The molecule has 2 aromatic carbocycles. The van der Waals surface area contributed by atoms with Crippen LogP contribution < -0.4 is 0 Å². The fourth-order valence-electron chi connectivity index (χ4n) is 2.03. The lowest BCUT2D eigenvalue weighted by atomic mass is 10.1. The van der Waals surface area contributed by atoms with Gasteiger partial charge in [0.25, 0.3) is 0 Å². The molecule has 0 aliphatic carbocycles. The van der Waals surface area contributed by atoms with Crippen molar-refractivity contribution in [2.75, 3.05) is 0 Å². The van der Waals surface area contributed by atoms with Crippen molar-refractivity contribution in [3.8, 4) is 0 Å². The first-order valence-electron chi connectivity index (χ1n) is 6.42. The van der Waals surface area contributed by atoms with Crippen LogP contribution in [-0.4, -0.2) is 15.8 Å². The van der Waals surface area contributed by atoms with Crippen molar-refractivity contribution < 1.29 is 4.79 Å². The van der Waals surface area contributed by atoms with Crippen molar-refractivity contribution >= 4 is 34.5 Å². The summed E-state index contributed by atoms with van der Waals surface area (Å²) >= 11 is 5.81. The number of fused-ring (bicyclic) bond motifs is 1. The topological polar surface area (TPSA) is 42.9 Å². The van der Waals surface area contributed by atoms with Crippen LogP contribution >= 0.6 is 11.6 Å². The second-order valence-corrected chi connectivity index (χ2v) is 4.91. The second kappa shape index (κ2) is 5.85. The molecule has 0 bridgehead atoms. The number of rotatable bonds is 3. The SMILES string of the molecule is O=C(/C=C/c1cccc2nccnc12)c1ccc(Cl)cc1. The Labute approximate surface area is 126 Å². The number of para-hydroxylation sites is 1. The Morgan fingerprint density at radius 3 is 2.57 bits per heavy atom. The number of halogens is 1. The van der Waals surface area contributed by atoms with E-state index in [4.69, 9.17) is 11.6 Å². The van der Waals surface area contributed by atoms with Crippen LogP contribution in [0, 0.1) is 0 Å². The summed E-state index contributed by atoms with van der Waals surface area (Å²) in [5, 5.41) is 0.611. The Kier molecular flexibility index (Phi) is 3.75. The van der Waals surface area contributed by atoms with Gasteiger partial charge in [-0.1, -0.05) is 23.7 Å². The van der Waals surface area contributed by atoms with Gasteiger partial charge < -0.3 is 0 Å². The van der Waals surface area contributed by atoms with Gasteiger partial charge in [0.15, 0.2) is 5.78 Å². The minimum Gasteiger partial charge on any atom is -0.289 e. The van der Waals surface area contributed by atoms with Gasteiger partial charge in [-0.15, -0.1) is 0 Å². The van der Waals surface area contributed by atoms with Crippen LogP contribution in [0.2, 0.25) is 5.02 Å². The number of carbonyl (C=O) groups is 1. The highest BCUT2D eigenvalue weighted by atomic mass is 35.5. The Hall–Kier alpha value is -2.52. The molecule has 3 rings (SSSR count). The Morgan fingerprint density at radius 2 is 1.76 bits per heavy atom. The van der Waals surface area contributed by atoms with Crippen LogP contribution in [0.25, 0.3) is 17.1 Å². The van der Waals surface area contributed by atoms with E-state index in [-0.39, 0.29) is 5.78 Å². The molecule has 0 radical (unpaired) electrons. The summed E-state index contributed by atoms with van der Waals surface area (Å²) < 4.78 is 0. The van der Waals surface area contributed by atoms with Gasteiger partial charge in [0, 0.05) is 28.5 Å². The highest BCUT2D eigenvalue weighted by molar-refractivity contribution is 6.30. The number of allylic oxidation sites excluding steroid dienone is 1. The number of hydrogen-bond acceptors (Lipinski definition) is 3. The number of aromatic nitrogens is 2. The number of nitrogens with zero attached hydrogens (tertiary/aromatic N) is 2. The van der Waals surface area contributed by atoms with E-state index in [0.29, 0.717) is 10.6 Å². The molecule has 3 aromatic rings. The maximum Gasteiger partial charge on any atom is 0.185 e. The smallest absolute Gasteiger partial charge is 0.185 e. The molecule has 102 valence electrons. The van der Waals surface area contributed by atoms with Crippen LogP contribution in [0.15, 0.2) is 60.9 Å². The number of benzene rings is 2. The molecule has 0 fully saturated rings. The van der Waals surface area contributed by atoms with Crippen molar-refractivity contribution in [2.45, 2.75) is 0 Å². The molecule has 0 saturated carbocycles. The summed E-state index contributed by atoms with van der Waals surface area (Å²) in [5.41, 5.74) is 3.05. The summed E-state index contributed by atoms with van der Waals surface area (Å²) in [6.45, 7) is 0. The Balaban J connectivity index is 1.91. The molecule has 1 heterocycles. The molecule has 0 saturated heterocycles. The van der Waals surface area contributed by atoms with Gasteiger partial charge in [-0.25, -0.2) is 0 Å².